The highest BCUT2D eigenvalue weighted by Gasteiger charge is 2.30. The highest BCUT2D eigenvalue weighted by molar-refractivity contribution is 7.92. The Kier molecular flexibility index (Phi) is 5.87. The van der Waals surface area contributed by atoms with Crippen LogP contribution in [0.4, 0.5) is 11.4 Å². The van der Waals surface area contributed by atoms with Gasteiger partial charge in [0.1, 0.15) is 10.8 Å². The monoisotopic (exact) mass is 449 g/mol. The molecule has 0 radical (unpaired) electrons. The standard InChI is InChI=1S/C20H20ClN3O5S/c1-12-5-8-19(13(2)9-12)23(11-17-14(3)22-29-15(17)4)30(27,28)16-6-7-18(21)20(10-16)24(25)26/h5-10H,11H2,1-4H3. The minimum atomic E-state index is -4.17. The SMILES string of the molecule is Cc1ccc(N(Cc2c(C)noc2C)S(=O)(=O)c2ccc(Cl)c([N+](=O)[O-])c2)c(C)c1. The maximum atomic E-state index is 13.6. The molecular weight excluding hydrogens is 430 g/mol. The van der Waals surface area contributed by atoms with Gasteiger partial charge in [0.25, 0.3) is 15.7 Å². The zero-order valence-electron chi connectivity index (χ0n) is 16.8. The van der Waals surface area contributed by atoms with Gasteiger partial charge in [-0.25, -0.2) is 8.42 Å². The Labute approximate surface area is 179 Å². The number of rotatable bonds is 6. The molecule has 0 fully saturated rings. The normalized spacial score (nSPS) is 11.5. The number of nitrogens with zero attached hydrogens (tertiary/aromatic N) is 3. The fourth-order valence-corrected chi connectivity index (χ4v) is 4.88. The Morgan fingerprint density at radius 2 is 1.83 bits per heavy atom. The van der Waals surface area contributed by atoms with Crippen molar-refractivity contribution in [3.05, 3.63) is 79.7 Å². The lowest BCUT2D eigenvalue weighted by Gasteiger charge is -2.26. The van der Waals surface area contributed by atoms with Crippen molar-refractivity contribution >= 4 is 33.0 Å². The van der Waals surface area contributed by atoms with Crippen LogP contribution < -0.4 is 4.31 Å². The van der Waals surface area contributed by atoms with Crippen molar-refractivity contribution < 1.29 is 17.9 Å². The zero-order chi connectivity index (χ0) is 22.2. The number of aromatic nitrogens is 1. The largest absolute Gasteiger partial charge is 0.361 e. The van der Waals surface area contributed by atoms with Crippen molar-refractivity contribution in [3.63, 3.8) is 0 Å². The molecule has 0 amide bonds. The first-order chi connectivity index (χ1) is 14.0. The van der Waals surface area contributed by atoms with Crippen LogP contribution in [0.3, 0.4) is 0 Å². The Morgan fingerprint density at radius 1 is 1.13 bits per heavy atom. The smallest absolute Gasteiger partial charge is 0.289 e. The van der Waals surface area contributed by atoms with Gasteiger partial charge in [-0.15, -0.1) is 0 Å². The van der Waals surface area contributed by atoms with E-state index >= 15 is 0 Å². The van der Waals surface area contributed by atoms with Gasteiger partial charge in [-0.3, -0.25) is 14.4 Å². The zero-order valence-corrected chi connectivity index (χ0v) is 18.4. The number of hydrogen-bond acceptors (Lipinski definition) is 6. The molecule has 3 aromatic rings. The molecule has 3 rings (SSSR count). The number of hydrogen-bond donors (Lipinski definition) is 0. The summed E-state index contributed by atoms with van der Waals surface area (Å²) in [7, 11) is -4.17. The van der Waals surface area contributed by atoms with E-state index < -0.39 is 20.6 Å². The summed E-state index contributed by atoms with van der Waals surface area (Å²) in [5.41, 5.74) is 2.90. The second-order valence-electron chi connectivity index (χ2n) is 6.97. The Bertz CT molecular complexity index is 1220. The minimum absolute atomic E-state index is 0.0379. The van der Waals surface area contributed by atoms with Gasteiger partial charge in [-0.1, -0.05) is 34.5 Å². The van der Waals surface area contributed by atoms with E-state index in [0.29, 0.717) is 22.7 Å². The number of sulfonamides is 1. The van der Waals surface area contributed by atoms with Crippen LogP contribution >= 0.6 is 11.6 Å². The third-order valence-corrected chi connectivity index (χ3v) is 6.88. The van der Waals surface area contributed by atoms with Gasteiger partial charge in [-0.2, -0.15) is 0 Å². The molecule has 8 nitrogen and oxygen atoms in total. The summed E-state index contributed by atoms with van der Waals surface area (Å²) >= 11 is 5.87. The van der Waals surface area contributed by atoms with Crippen molar-refractivity contribution in [2.24, 2.45) is 0 Å². The van der Waals surface area contributed by atoms with E-state index in [4.69, 9.17) is 16.1 Å². The fraction of sp³-hybridized carbons (Fsp3) is 0.250. The molecule has 0 saturated heterocycles. The lowest BCUT2D eigenvalue weighted by atomic mass is 10.1. The average Bonchev–Trinajstić information content (AvgIpc) is 2.98. The first-order valence-corrected chi connectivity index (χ1v) is 10.8. The third-order valence-electron chi connectivity index (χ3n) is 4.81. The molecule has 0 saturated carbocycles. The Balaban J connectivity index is 2.20. The van der Waals surface area contributed by atoms with Crippen LogP contribution in [0.5, 0.6) is 0 Å². The second-order valence-corrected chi connectivity index (χ2v) is 9.24. The van der Waals surface area contributed by atoms with Gasteiger partial charge >= 0.3 is 0 Å². The number of aryl methyl sites for hydroxylation is 4. The van der Waals surface area contributed by atoms with Crippen LogP contribution in [0, 0.1) is 37.8 Å². The first kappa shape index (κ1) is 21.8. The van der Waals surface area contributed by atoms with E-state index in [9.17, 15) is 18.5 Å². The number of nitro groups is 1. The summed E-state index contributed by atoms with van der Waals surface area (Å²) in [6, 6.07) is 8.83. The lowest BCUT2D eigenvalue weighted by Crippen LogP contribution is -2.31. The molecule has 0 unspecified atom stereocenters. The van der Waals surface area contributed by atoms with Crippen LogP contribution in [0.2, 0.25) is 5.02 Å². The van der Waals surface area contributed by atoms with E-state index in [-0.39, 0.29) is 16.5 Å². The quantitative estimate of drug-likeness (QED) is 0.392. The summed E-state index contributed by atoms with van der Waals surface area (Å²) in [6.45, 7) is 7.11. The van der Waals surface area contributed by atoms with Crippen LogP contribution in [0.15, 0.2) is 45.8 Å². The summed E-state index contributed by atoms with van der Waals surface area (Å²) in [5.74, 6) is 0.500. The molecule has 0 aliphatic heterocycles. The van der Waals surface area contributed by atoms with Crippen LogP contribution in [0.25, 0.3) is 0 Å². The summed E-state index contributed by atoms with van der Waals surface area (Å²) in [4.78, 5) is 10.3. The number of benzene rings is 2. The summed E-state index contributed by atoms with van der Waals surface area (Å²) in [6.07, 6.45) is 0. The van der Waals surface area contributed by atoms with Crippen LogP contribution in [-0.4, -0.2) is 18.5 Å². The average molecular weight is 450 g/mol. The van der Waals surface area contributed by atoms with E-state index in [1.807, 2.05) is 26.0 Å². The van der Waals surface area contributed by atoms with E-state index in [1.165, 1.54) is 16.4 Å². The molecule has 1 aromatic heterocycles. The highest BCUT2D eigenvalue weighted by Crippen LogP contribution is 2.33. The van der Waals surface area contributed by atoms with Crippen molar-refractivity contribution in [2.75, 3.05) is 4.31 Å². The van der Waals surface area contributed by atoms with E-state index in [2.05, 4.69) is 5.16 Å². The molecule has 10 heteroatoms. The maximum absolute atomic E-state index is 13.6. The second kappa shape index (κ2) is 8.08. The molecule has 0 bridgehead atoms. The molecule has 0 N–H and O–H groups in total. The van der Waals surface area contributed by atoms with E-state index in [1.54, 1.807) is 19.9 Å². The van der Waals surface area contributed by atoms with Gasteiger partial charge in [0.05, 0.1) is 27.7 Å². The van der Waals surface area contributed by atoms with Gasteiger partial charge in [0, 0.05) is 11.6 Å². The van der Waals surface area contributed by atoms with Crippen molar-refractivity contribution in [1.82, 2.24) is 5.16 Å². The minimum Gasteiger partial charge on any atom is -0.361 e. The number of anilines is 1. The molecule has 0 aliphatic carbocycles. The van der Waals surface area contributed by atoms with Crippen molar-refractivity contribution in [3.8, 4) is 0 Å². The van der Waals surface area contributed by atoms with Crippen LogP contribution in [-0.2, 0) is 16.6 Å². The number of nitro benzene ring substituents is 1. The highest BCUT2D eigenvalue weighted by atomic mass is 35.5. The Morgan fingerprint density at radius 3 is 2.40 bits per heavy atom. The van der Waals surface area contributed by atoms with E-state index in [0.717, 1.165) is 17.2 Å². The predicted octanol–water partition coefficient (Wildman–Crippen LogP) is 4.87. The molecular formula is C20H20ClN3O5S. The van der Waals surface area contributed by atoms with Gasteiger partial charge in [-0.05, 0) is 51.5 Å². The van der Waals surface area contributed by atoms with Gasteiger partial charge < -0.3 is 4.52 Å². The van der Waals surface area contributed by atoms with Crippen molar-refractivity contribution in [1.29, 1.82) is 0 Å². The lowest BCUT2D eigenvalue weighted by molar-refractivity contribution is -0.384. The van der Waals surface area contributed by atoms with Crippen LogP contribution in [0.1, 0.15) is 28.1 Å². The fourth-order valence-electron chi connectivity index (χ4n) is 3.18. The van der Waals surface area contributed by atoms with Gasteiger partial charge in [0.15, 0.2) is 0 Å². The third kappa shape index (κ3) is 4.03. The summed E-state index contributed by atoms with van der Waals surface area (Å²) in [5, 5.41) is 15.0. The predicted molar refractivity (Wildman–Crippen MR) is 113 cm³/mol. The maximum Gasteiger partial charge on any atom is 0.289 e. The molecule has 1 heterocycles. The topological polar surface area (TPSA) is 107 Å². The van der Waals surface area contributed by atoms with Gasteiger partial charge in [0.2, 0.25) is 0 Å². The molecule has 30 heavy (non-hydrogen) atoms. The molecule has 0 aliphatic rings. The molecule has 158 valence electrons. The summed E-state index contributed by atoms with van der Waals surface area (Å²) < 4.78 is 33.6. The molecule has 0 atom stereocenters. The Hall–Kier alpha value is -2.91. The first-order valence-electron chi connectivity index (χ1n) is 8.98. The molecule has 0 spiro atoms. The van der Waals surface area contributed by atoms with Crippen molar-refractivity contribution in [2.45, 2.75) is 39.1 Å². The number of halogens is 1. The molecule has 2 aromatic carbocycles.